The number of aryl methyl sites for hydroxylation is 2. The van der Waals surface area contributed by atoms with Crippen molar-refractivity contribution in [2.75, 3.05) is 26.8 Å². The van der Waals surface area contributed by atoms with Gasteiger partial charge < -0.3 is 14.2 Å². The molecule has 0 aliphatic carbocycles. The number of methoxy groups -OCH3 is 1. The molecular formula is C39H47NO5S. The van der Waals surface area contributed by atoms with E-state index in [9.17, 15) is 9.59 Å². The first-order valence-electron chi connectivity index (χ1n) is 16.1. The average molecular weight is 642 g/mol. The molecule has 1 unspecified atom stereocenters. The molecule has 7 heteroatoms. The van der Waals surface area contributed by atoms with E-state index in [1.807, 2.05) is 50.3 Å². The maximum atomic E-state index is 12.5. The summed E-state index contributed by atoms with van der Waals surface area (Å²) >= 11 is 1.82. The molecule has 0 spiro atoms. The molecule has 1 aromatic heterocycles. The van der Waals surface area contributed by atoms with Gasteiger partial charge in [0.25, 0.3) is 0 Å². The van der Waals surface area contributed by atoms with Crippen LogP contribution in [0.5, 0.6) is 0 Å². The quantitative estimate of drug-likeness (QED) is 0.102. The van der Waals surface area contributed by atoms with Gasteiger partial charge >= 0.3 is 11.9 Å². The third-order valence-corrected chi connectivity index (χ3v) is 9.25. The lowest BCUT2D eigenvalue weighted by molar-refractivity contribution is -0.153. The lowest BCUT2D eigenvalue weighted by atomic mass is 9.88. The molecule has 0 saturated heterocycles. The summed E-state index contributed by atoms with van der Waals surface area (Å²) in [6, 6.07) is 32.9. The highest BCUT2D eigenvalue weighted by molar-refractivity contribution is 7.11. The highest BCUT2D eigenvalue weighted by atomic mass is 32.1. The number of carbonyl (C=O) groups is 2. The molecule has 0 fully saturated rings. The van der Waals surface area contributed by atoms with Gasteiger partial charge in [-0.15, -0.1) is 11.3 Å². The van der Waals surface area contributed by atoms with E-state index < -0.39 is 5.41 Å². The van der Waals surface area contributed by atoms with E-state index in [0.717, 1.165) is 36.9 Å². The van der Waals surface area contributed by atoms with Crippen LogP contribution in [-0.2, 0) is 45.0 Å². The van der Waals surface area contributed by atoms with Gasteiger partial charge in [0, 0.05) is 22.8 Å². The Morgan fingerprint density at radius 1 is 0.826 bits per heavy atom. The molecule has 0 radical (unpaired) electrons. The minimum absolute atomic E-state index is 0.150. The van der Waals surface area contributed by atoms with Gasteiger partial charge in [0.1, 0.15) is 0 Å². The van der Waals surface area contributed by atoms with Crippen molar-refractivity contribution in [1.82, 2.24) is 4.90 Å². The highest BCUT2D eigenvalue weighted by Gasteiger charge is 2.29. The van der Waals surface area contributed by atoms with Crippen molar-refractivity contribution in [1.29, 1.82) is 0 Å². The summed E-state index contributed by atoms with van der Waals surface area (Å²) in [7, 11) is 1.39. The van der Waals surface area contributed by atoms with E-state index in [2.05, 4.69) is 71.6 Å². The van der Waals surface area contributed by atoms with Crippen LogP contribution >= 0.6 is 11.3 Å². The van der Waals surface area contributed by atoms with Gasteiger partial charge in [0.05, 0.1) is 37.4 Å². The van der Waals surface area contributed by atoms with Crippen LogP contribution in [0.1, 0.15) is 76.5 Å². The van der Waals surface area contributed by atoms with Crippen LogP contribution in [-0.4, -0.2) is 43.6 Å². The van der Waals surface area contributed by atoms with Crippen molar-refractivity contribution < 1.29 is 23.8 Å². The standard InChI is InChI=1S/C39H47NO5S/c1-5-44-38(42)39(2,3)25-12-26-40(27-31-17-20-33(21-18-31)37(41)43-4)28-36(32-15-10-7-11-16-32)45-29-35-24-23-34(46-35)22-19-30-13-8-6-9-14-30/h6-11,13-18,20-21,23-24,36H,5,12,19,22,25-29H2,1-4H3. The van der Waals surface area contributed by atoms with Crippen LogP contribution in [0.25, 0.3) is 0 Å². The van der Waals surface area contributed by atoms with Gasteiger partial charge in [0.2, 0.25) is 0 Å². The molecule has 0 amide bonds. The van der Waals surface area contributed by atoms with Gasteiger partial charge in [-0.1, -0.05) is 72.8 Å². The molecule has 244 valence electrons. The number of thiophene rings is 1. The van der Waals surface area contributed by atoms with Crippen molar-refractivity contribution in [2.24, 2.45) is 5.41 Å². The normalized spacial score (nSPS) is 12.2. The predicted octanol–water partition coefficient (Wildman–Crippen LogP) is 8.45. The monoisotopic (exact) mass is 641 g/mol. The van der Waals surface area contributed by atoms with E-state index >= 15 is 0 Å². The number of rotatable bonds is 18. The summed E-state index contributed by atoms with van der Waals surface area (Å²) in [5, 5.41) is 0. The Morgan fingerprint density at radius 2 is 1.50 bits per heavy atom. The molecule has 0 aliphatic rings. The van der Waals surface area contributed by atoms with Crippen LogP contribution in [0, 0.1) is 5.41 Å². The fraction of sp³-hybridized carbons (Fsp3) is 0.385. The largest absolute Gasteiger partial charge is 0.466 e. The summed E-state index contributed by atoms with van der Waals surface area (Å²) in [5.41, 5.74) is 3.53. The fourth-order valence-electron chi connectivity index (χ4n) is 5.42. The topological polar surface area (TPSA) is 65.1 Å². The van der Waals surface area contributed by atoms with Crippen LogP contribution in [0.3, 0.4) is 0 Å². The second kappa shape index (κ2) is 17.8. The first-order chi connectivity index (χ1) is 22.3. The molecule has 3 aromatic carbocycles. The maximum absolute atomic E-state index is 12.5. The number of hydrogen-bond acceptors (Lipinski definition) is 7. The minimum atomic E-state index is -0.559. The Labute approximate surface area is 278 Å². The van der Waals surface area contributed by atoms with Crippen LogP contribution in [0.2, 0.25) is 0 Å². The fourth-order valence-corrected chi connectivity index (χ4v) is 6.36. The van der Waals surface area contributed by atoms with Crippen LogP contribution < -0.4 is 0 Å². The van der Waals surface area contributed by atoms with E-state index in [1.54, 1.807) is 12.1 Å². The summed E-state index contributed by atoms with van der Waals surface area (Å²) in [6.07, 6.45) is 3.42. The molecule has 4 aromatic rings. The zero-order chi connectivity index (χ0) is 32.8. The van der Waals surface area contributed by atoms with Crippen molar-refractivity contribution in [3.8, 4) is 0 Å². The molecule has 6 nitrogen and oxygen atoms in total. The molecule has 1 heterocycles. The number of nitrogens with zero attached hydrogens (tertiary/aromatic N) is 1. The molecular weight excluding hydrogens is 594 g/mol. The first kappa shape index (κ1) is 35.1. The summed E-state index contributed by atoms with van der Waals surface area (Å²) in [5.74, 6) is -0.511. The Balaban J connectivity index is 1.46. The van der Waals surface area contributed by atoms with Gasteiger partial charge in [-0.3, -0.25) is 9.69 Å². The van der Waals surface area contributed by atoms with Gasteiger partial charge in [0.15, 0.2) is 0 Å². The highest BCUT2D eigenvalue weighted by Crippen LogP contribution is 2.28. The Hall–Kier alpha value is -3.78. The molecule has 46 heavy (non-hydrogen) atoms. The lowest BCUT2D eigenvalue weighted by Gasteiger charge is -2.29. The predicted molar refractivity (Wildman–Crippen MR) is 185 cm³/mol. The first-order valence-corrected chi connectivity index (χ1v) is 16.9. The third kappa shape index (κ3) is 10.9. The van der Waals surface area contributed by atoms with E-state index in [-0.39, 0.29) is 18.0 Å². The molecule has 4 rings (SSSR count). The number of carbonyl (C=O) groups excluding carboxylic acids is 2. The number of hydrogen-bond donors (Lipinski definition) is 0. The second-order valence-corrected chi connectivity index (χ2v) is 13.4. The van der Waals surface area contributed by atoms with Gasteiger partial charge in [-0.2, -0.15) is 0 Å². The Bertz CT molecular complexity index is 1480. The summed E-state index contributed by atoms with van der Waals surface area (Å²) in [6.45, 7) is 8.78. The molecule has 0 N–H and O–H groups in total. The zero-order valence-electron chi connectivity index (χ0n) is 27.6. The van der Waals surface area contributed by atoms with Gasteiger partial charge in [-0.05, 0) is 94.0 Å². The minimum Gasteiger partial charge on any atom is -0.466 e. The molecule has 0 aliphatic heterocycles. The van der Waals surface area contributed by atoms with E-state index in [1.165, 1.54) is 22.4 Å². The van der Waals surface area contributed by atoms with Crippen molar-refractivity contribution in [3.63, 3.8) is 0 Å². The smallest absolute Gasteiger partial charge is 0.337 e. The Kier molecular flexibility index (Phi) is 13.6. The summed E-state index contributed by atoms with van der Waals surface area (Å²) < 4.78 is 16.9. The Morgan fingerprint density at radius 3 is 2.17 bits per heavy atom. The van der Waals surface area contributed by atoms with Crippen LogP contribution in [0.4, 0.5) is 0 Å². The second-order valence-electron chi connectivity index (χ2n) is 12.2. The van der Waals surface area contributed by atoms with Crippen molar-refractivity contribution >= 4 is 23.3 Å². The molecule has 0 bridgehead atoms. The zero-order valence-corrected chi connectivity index (χ0v) is 28.4. The number of esters is 2. The molecule has 1 atom stereocenters. The SMILES string of the molecule is CCOC(=O)C(C)(C)CCCN(Cc1ccc(C(=O)OC)cc1)CC(OCc1ccc(CCc2ccccc2)s1)c1ccccc1. The average Bonchev–Trinajstić information content (AvgIpc) is 3.54. The van der Waals surface area contributed by atoms with E-state index in [0.29, 0.717) is 38.3 Å². The van der Waals surface area contributed by atoms with Crippen molar-refractivity contribution in [3.05, 3.63) is 129 Å². The lowest BCUT2D eigenvalue weighted by Crippen LogP contribution is -2.32. The van der Waals surface area contributed by atoms with Crippen LogP contribution in [0.15, 0.2) is 97.1 Å². The number of ether oxygens (including phenoxy) is 3. The van der Waals surface area contributed by atoms with Gasteiger partial charge in [-0.25, -0.2) is 4.79 Å². The maximum Gasteiger partial charge on any atom is 0.337 e. The number of benzene rings is 3. The molecule has 0 saturated carbocycles. The van der Waals surface area contributed by atoms with E-state index in [4.69, 9.17) is 14.2 Å². The third-order valence-electron chi connectivity index (χ3n) is 8.13. The summed E-state index contributed by atoms with van der Waals surface area (Å²) in [4.78, 5) is 29.5. The van der Waals surface area contributed by atoms with Crippen molar-refractivity contribution in [2.45, 2.75) is 65.7 Å².